The molecular weight excluding hydrogens is 315 g/mol. The smallest absolute Gasteiger partial charge is 0.0466 e. The topological polar surface area (TPSA) is 6.48 Å². The van der Waals surface area contributed by atoms with E-state index in [-0.39, 0.29) is 0 Å². The van der Waals surface area contributed by atoms with Crippen LogP contribution in [0.1, 0.15) is 23.6 Å². The van der Waals surface area contributed by atoms with Gasteiger partial charge in [-0.15, -0.1) is 0 Å². The first-order chi connectivity index (χ1) is 10.5. The van der Waals surface area contributed by atoms with Crippen LogP contribution in [0.5, 0.6) is 0 Å². The van der Waals surface area contributed by atoms with Gasteiger partial charge in [0.15, 0.2) is 0 Å². The van der Waals surface area contributed by atoms with E-state index >= 15 is 0 Å². The Balaban J connectivity index is 2.20. The molecule has 0 bridgehead atoms. The van der Waals surface area contributed by atoms with Crippen LogP contribution in [0.3, 0.4) is 0 Å². The van der Waals surface area contributed by atoms with Crippen LogP contribution in [0.2, 0.25) is 10.0 Å². The van der Waals surface area contributed by atoms with Crippen LogP contribution in [-0.4, -0.2) is 24.1 Å². The lowest BCUT2D eigenvalue weighted by Gasteiger charge is -2.30. The summed E-state index contributed by atoms with van der Waals surface area (Å²) in [6.07, 6.45) is 1.05. The van der Waals surface area contributed by atoms with E-state index in [2.05, 4.69) is 41.2 Å². The quantitative estimate of drug-likeness (QED) is 0.682. The number of hydrogen-bond acceptors (Lipinski definition) is 2. The molecule has 0 atom stereocenters. The number of benzene rings is 2. The highest BCUT2D eigenvalue weighted by Crippen LogP contribution is 2.26. The molecule has 0 saturated heterocycles. The van der Waals surface area contributed by atoms with E-state index in [4.69, 9.17) is 23.2 Å². The van der Waals surface area contributed by atoms with Crippen molar-refractivity contribution in [1.82, 2.24) is 10.0 Å². The summed E-state index contributed by atoms with van der Waals surface area (Å²) < 4.78 is 0. The van der Waals surface area contributed by atoms with Gasteiger partial charge in [0.2, 0.25) is 0 Å². The van der Waals surface area contributed by atoms with Gasteiger partial charge < -0.3 is 0 Å². The first kappa shape index (κ1) is 17.3. The van der Waals surface area contributed by atoms with Crippen molar-refractivity contribution < 1.29 is 0 Å². The zero-order valence-corrected chi connectivity index (χ0v) is 14.8. The highest BCUT2D eigenvalue weighted by molar-refractivity contribution is 6.35. The molecule has 4 heteroatoms. The van der Waals surface area contributed by atoms with Gasteiger partial charge in [-0.25, -0.2) is 10.0 Å². The number of rotatable bonds is 6. The predicted molar refractivity (Wildman–Crippen MR) is 95.2 cm³/mol. The first-order valence-corrected chi connectivity index (χ1v) is 8.19. The molecular formula is C18H22Cl2N2. The van der Waals surface area contributed by atoms with Gasteiger partial charge in [0, 0.05) is 42.8 Å². The summed E-state index contributed by atoms with van der Waals surface area (Å²) in [5.74, 6) is 0. The highest BCUT2D eigenvalue weighted by atomic mass is 35.5. The molecule has 0 aliphatic carbocycles. The average Bonchev–Trinajstić information content (AvgIpc) is 2.50. The molecule has 0 fully saturated rings. The summed E-state index contributed by atoms with van der Waals surface area (Å²) in [6.45, 7) is 3.68. The maximum Gasteiger partial charge on any atom is 0.0466 e. The van der Waals surface area contributed by atoms with Crippen molar-refractivity contribution in [2.75, 3.05) is 14.1 Å². The Labute approximate surface area is 143 Å². The zero-order chi connectivity index (χ0) is 16.1. The normalized spacial score (nSPS) is 11.4. The van der Waals surface area contributed by atoms with E-state index in [1.54, 1.807) is 0 Å². The van der Waals surface area contributed by atoms with Crippen LogP contribution in [0.4, 0.5) is 0 Å². The van der Waals surface area contributed by atoms with E-state index in [1.807, 2.05) is 32.3 Å². The monoisotopic (exact) mass is 336 g/mol. The van der Waals surface area contributed by atoms with Crippen molar-refractivity contribution in [1.29, 1.82) is 0 Å². The Kier molecular flexibility index (Phi) is 6.27. The number of nitrogens with zero attached hydrogens (tertiary/aromatic N) is 2. The molecule has 0 aliphatic heterocycles. The molecule has 22 heavy (non-hydrogen) atoms. The minimum Gasteiger partial charge on any atom is -0.247 e. The molecule has 0 unspecified atom stereocenters. The number of hydrazine groups is 1. The van der Waals surface area contributed by atoms with Gasteiger partial charge in [0.25, 0.3) is 0 Å². The molecule has 118 valence electrons. The summed E-state index contributed by atoms with van der Waals surface area (Å²) >= 11 is 12.6. The van der Waals surface area contributed by atoms with E-state index in [0.29, 0.717) is 16.6 Å². The van der Waals surface area contributed by atoms with Crippen molar-refractivity contribution in [2.24, 2.45) is 0 Å². The van der Waals surface area contributed by atoms with Crippen molar-refractivity contribution in [3.8, 4) is 0 Å². The second-order valence-corrected chi connectivity index (χ2v) is 6.36. The molecule has 0 aliphatic rings. The largest absolute Gasteiger partial charge is 0.247 e. The zero-order valence-electron chi connectivity index (χ0n) is 13.3. The van der Waals surface area contributed by atoms with Crippen molar-refractivity contribution in [3.63, 3.8) is 0 Å². The maximum absolute atomic E-state index is 6.30. The Morgan fingerprint density at radius 2 is 1.45 bits per heavy atom. The van der Waals surface area contributed by atoms with Gasteiger partial charge in [0.05, 0.1) is 0 Å². The van der Waals surface area contributed by atoms with Crippen molar-refractivity contribution >= 4 is 23.2 Å². The van der Waals surface area contributed by atoms with Crippen LogP contribution >= 0.6 is 23.2 Å². The molecule has 0 amide bonds. The molecule has 2 nitrogen and oxygen atoms in total. The van der Waals surface area contributed by atoms with Gasteiger partial charge in [-0.05, 0) is 29.7 Å². The lowest BCUT2D eigenvalue weighted by Crippen LogP contribution is -2.36. The van der Waals surface area contributed by atoms with Crippen LogP contribution in [-0.2, 0) is 19.5 Å². The van der Waals surface area contributed by atoms with Gasteiger partial charge in [-0.1, -0.05) is 60.5 Å². The summed E-state index contributed by atoms with van der Waals surface area (Å²) in [5.41, 5.74) is 3.61. The molecule has 0 saturated carbocycles. The second kappa shape index (κ2) is 7.98. The highest BCUT2D eigenvalue weighted by Gasteiger charge is 2.14. The molecule has 2 aromatic carbocycles. The van der Waals surface area contributed by atoms with E-state index in [1.165, 1.54) is 11.1 Å². The maximum atomic E-state index is 6.30. The minimum absolute atomic E-state index is 0.682. The second-order valence-electron chi connectivity index (χ2n) is 5.54. The van der Waals surface area contributed by atoms with E-state index in [9.17, 15) is 0 Å². The average molecular weight is 337 g/mol. The molecule has 0 N–H and O–H groups in total. The van der Waals surface area contributed by atoms with E-state index in [0.717, 1.165) is 18.5 Å². The fraction of sp³-hybridized carbons (Fsp3) is 0.333. The molecule has 2 aromatic rings. The predicted octanol–water partition coefficient (Wildman–Crippen LogP) is 5.03. The summed E-state index contributed by atoms with van der Waals surface area (Å²) in [6, 6.07) is 14.3. The fourth-order valence-corrected chi connectivity index (χ4v) is 2.88. The Morgan fingerprint density at radius 3 is 2.05 bits per heavy atom. The number of aryl methyl sites for hydroxylation is 1. The third-order valence-electron chi connectivity index (χ3n) is 3.73. The summed E-state index contributed by atoms with van der Waals surface area (Å²) in [4.78, 5) is 0. The van der Waals surface area contributed by atoms with Crippen LogP contribution in [0.15, 0.2) is 42.5 Å². The number of hydrogen-bond donors (Lipinski definition) is 0. The molecule has 0 heterocycles. The third kappa shape index (κ3) is 4.47. The lowest BCUT2D eigenvalue weighted by atomic mass is 10.1. The van der Waals surface area contributed by atoms with Crippen LogP contribution in [0, 0.1) is 0 Å². The van der Waals surface area contributed by atoms with Gasteiger partial charge in [-0.3, -0.25) is 0 Å². The third-order valence-corrected chi connectivity index (χ3v) is 4.44. The lowest BCUT2D eigenvalue weighted by molar-refractivity contribution is 0.00737. The minimum atomic E-state index is 0.682. The Morgan fingerprint density at radius 1 is 0.864 bits per heavy atom. The molecule has 0 spiro atoms. The van der Waals surface area contributed by atoms with Gasteiger partial charge in [-0.2, -0.15) is 0 Å². The van der Waals surface area contributed by atoms with Crippen molar-refractivity contribution in [3.05, 3.63) is 69.2 Å². The Bertz CT molecular complexity index is 606. The summed E-state index contributed by atoms with van der Waals surface area (Å²) in [5, 5.41) is 5.73. The standard InChI is InChI=1S/C18H22Cl2N2/c1-4-14-7-5-8-15(11-14)12-22(21(2)3)13-16-17(19)9-6-10-18(16)20/h5-11H,4,12-13H2,1-3H3. The first-order valence-electron chi connectivity index (χ1n) is 7.44. The Hall–Kier alpha value is -1.06. The van der Waals surface area contributed by atoms with Gasteiger partial charge in [0.1, 0.15) is 0 Å². The van der Waals surface area contributed by atoms with E-state index < -0.39 is 0 Å². The van der Waals surface area contributed by atoms with Crippen LogP contribution in [0.25, 0.3) is 0 Å². The fourth-order valence-electron chi connectivity index (χ4n) is 2.36. The molecule has 0 radical (unpaired) electrons. The molecule has 0 aromatic heterocycles. The summed E-state index contributed by atoms with van der Waals surface area (Å²) in [7, 11) is 4.07. The van der Waals surface area contributed by atoms with Crippen LogP contribution < -0.4 is 0 Å². The van der Waals surface area contributed by atoms with Gasteiger partial charge >= 0.3 is 0 Å². The molecule has 2 rings (SSSR count). The van der Waals surface area contributed by atoms with Crippen molar-refractivity contribution in [2.45, 2.75) is 26.4 Å². The SMILES string of the molecule is CCc1cccc(CN(Cc2c(Cl)cccc2Cl)N(C)C)c1. The number of halogens is 2.